The van der Waals surface area contributed by atoms with Gasteiger partial charge in [0.1, 0.15) is 5.82 Å². The van der Waals surface area contributed by atoms with Crippen LogP contribution in [-0.4, -0.2) is 57.3 Å². The summed E-state index contributed by atoms with van der Waals surface area (Å²) in [6.45, 7) is 3.20. The third-order valence-corrected chi connectivity index (χ3v) is 9.77. The number of thioether (sulfide) groups is 1. The number of benzene rings is 1. The van der Waals surface area contributed by atoms with E-state index in [1.54, 1.807) is 23.9 Å². The number of hydrogen-bond acceptors (Lipinski definition) is 5. The van der Waals surface area contributed by atoms with Crippen LogP contribution in [0.4, 0.5) is 13.2 Å². The van der Waals surface area contributed by atoms with Crippen LogP contribution in [-0.2, 0) is 18.0 Å². The van der Waals surface area contributed by atoms with E-state index in [0.29, 0.717) is 24.0 Å². The molecule has 0 N–H and O–H groups in total. The third-order valence-electron chi connectivity index (χ3n) is 8.67. The normalized spacial score (nSPS) is 32.6. The Bertz CT molecular complexity index is 1050. The Morgan fingerprint density at radius 3 is 2.57 bits per heavy atom. The fourth-order valence-corrected chi connectivity index (χ4v) is 7.52. The minimum atomic E-state index is -4.26. The van der Waals surface area contributed by atoms with Gasteiger partial charge in [0, 0.05) is 25.3 Å². The summed E-state index contributed by atoms with van der Waals surface area (Å²) in [7, 11) is 2.09. The molecule has 3 saturated heterocycles. The predicted molar refractivity (Wildman–Crippen MR) is 129 cm³/mol. The standard InChI is InChI=1S/C26H33F3N4OS/c1-32-23(18-13-20-7-8-21(14-18)34-20)30-31-24(32)35-12-2-10-33-11-9-25(16-33)15-22(25)17-3-5-19(6-4-17)26(27,28)29/h3-6,18,20-22H,2,7-16H2,1H3/t18?,20?,21?,22?,25-/m0/s1. The van der Waals surface area contributed by atoms with Crippen molar-refractivity contribution in [2.75, 3.05) is 25.4 Å². The highest BCUT2D eigenvalue weighted by atomic mass is 32.2. The zero-order chi connectivity index (χ0) is 24.2. The Balaban J connectivity index is 0.957. The maximum atomic E-state index is 12.9. The van der Waals surface area contributed by atoms with Gasteiger partial charge in [-0.25, -0.2) is 0 Å². The number of likely N-dealkylation sites (tertiary alicyclic amines) is 1. The second-order valence-corrected chi connectivity index (χ2v) is 12.1. The van der Waals surface area contributed by atoms with Crippen molar-refractivity contribution in [1.29, 1.82) is 0 Å². The molecule has 9 heteroatoms. The molecule has 0 radical (unpaired) electrons. The summed E-state index contributed by atoms with van der Waals surface area (Å²) in [4.78, 5) is 2.53. The number of ether oxygens (including phenoxy) is 1. The quantitative estimate of drug-likeness (QED) is 0.360. The first-order valence-corrected chi connectivity index (χ1v) is 13.9. The largest absolute Gasteiger partial charge is 0.416 e. The molecule has 1 aromatic carbocycles. The summed E-state index contributed by atoms with van der Waals surface area (Å²) in [5, 5.41) is 10.0. The van der Waals surface area contributed by atoms with E-state index >= 15 is 0 Å². The molecular weight excluding hydrogens is 473 g/mol. The van der Waals surface area contributed by atoms with Crippen molar-refractivity contribution >= 4 is 11.8 Å². The molecule has 3 aliphatic heterocycles. The maximum Gasteiger partial charge on any atom is 0.416 e. The van der Waals surface area contributed by atoms with Gasteiger partial charge in [-0.15, -0.1) is 10.2 Å². The first-order chi connectivity index (χ1) is 16.8. The van der Waals surface area contributed by atoms with Crippen LogP contribution in [0.3, 0.4) is 0 Å². The molecule has 4 atom stereocenters. The van der Waals surface area contributed by atoms with E-state index in [0.717, 1.165) is 74.0 Å². The summed E-state index contributed by atoms with van der Waals surface area (Å²) in [6, 6.07) is 5.83. The van der Waals surface area contributed by atoms with Crippen LogP contribution < -0.4 is 0 Å². The van der Waals surface area contributed by atoms with E-state index in [1.807, 2.05) is 0 Å². The zero-order valence-electron chi connectivity index (χ0n) is 20.1. The van der Waals surface area contributed by atoms with Crippen molar-refractivity contribution in [3.63, 3.8) is 0 Å². The molecule has 1 aromatic heterocycles. The number of alkyl halides is 3. The van der Waals surface area contributed by atoms with E-state index in [1.165, 1.54) is 25.0 Å². The van der Waals surface area contributed by atoms with Gasteiger partial charge in [-0.1, -0.05) is 23.9 Å². The monoisotopic (exact) mass is 506 g/mol. The molecule has 6 rings (SSSR count). The van der Waals surface area contributed by atoms with Crippen molar-refractivity contribution in [2.45, 2.75) is 80.3 Å². The smallest absolute Gasteiger partial charge is 0.375 e. The second-order valence-electron chi connectivity index (χ2n) is 11.0. The molecule has 1 spiro atoms. The van der Waals surface area contributed by atoms with Gasteiger partial charge in [-0.05, 0) is 87.1 Å². The maximum absolute atomic E-state index is 12.9. The van der Waals surface area contributed by atoms with Gasteiger partial charge in [-0.3, -0.25) is 0 Å². The van der Waals surface area contributed by atoms with Gasteiger partial charge >= 0.3 is 6.18 Å². The zero-order valence-corrected chi connectivity index (χ0v) is 21.0. The molecule has 190 valence electrons. The number of rotatable bonds is 7. The Hall–Kier alpha value is -1.58. The molecule has 2 aromatic rings. The molecule has 4 aliphatic rings. The summed E-state index contributed by atoms with van der Waals surface area (Å²) in [5.74, 6) is 2.99. The van der Waals surface area contributed by atoms with Gasteiger partial charge in [0.2, 0.25) is 0 Å². The van der Waals surface area contributed by atoms with E-state index in [-0.39, 0.29) is 5.41 Å². The molecule has 4 heterocycles. The lowest BCUT2D eigenvalue weighted by Gasteiger charge is -2.27. The van der Waals surface area contributed by atoms with Crippen LogP contribution in [0.1, 0.15) is 73.7 Å². The molecule has 2 bridgehead atoms. The Kier molecular flexibility index (Phi) is 6.16. The van der Waals surface area contributed by atoms with Crippen LogP contribution in [0, 0.1) is 5.41 Å². The highest BCUT2D eigenvalue weighted by Gasteiger charge is 2.57. The van der Waals surface area contributed by atoms with Gasteiger partial charge in [0.15, 0.2) is 5.16 Å². The summed E-state index contributed by atoms with van der Waals surface area (Å²) in [6.07, 6.45) is 4.38. The summed E-state index contributed by atoms with van der Waals surface area (Å²) < 4.78 is 46.7. The first-order valence-electron chi connectivity index (χ1n) is 12.9. The minimum Gasteiger partial charge on any atom is -0.375 e. The first kappa shape index (κ1) is 23.8. The molecule has 0 amide bonds. The van der Waals surface area contributed by atoms with Crippen molar-refractivity contribution in [2.24, 2.45) is 12.5 Å². The summed E-state index contributed by atoms with van der Waals surface area (Å²) >= 11 is 1.79. The lowest BCUT2D eigenvalue weighted by molar-refractivity contribution is -0.137. The van der Waals surface area contributed by atoms with Crippen LogP contribution in [0.15, 0.2) is 29.4 Å². The predicted octanol–water partition coefficient (Wildman–Crippen LogP) is 5.62. The topological polar surface area (TPSA) is 43.2 Å². The number of halogens is 3. The summed E-state index contributed by atoms with van der Waals surface area (Å²) in [5.41, 5.74) is 0.775. The van der Waals surface area contributed by atoms with E-state index in [2.05, 4.69) is 26.7 Å². The molecule has 1 saturated carbocycles. The van der Waals surface area contributed by atoms with Crippen molar-refractivity contribution in [3.05, 3.63) is 41.2 Å². The molecular formula is C26H33F3N4OS. The van der Waals surface area contributed by atoms with E-state index in [4.69, 9.17) is 4.74 Å². The van der Waals surface area contributed by atoms with Gasteiger partial charge in [0.05, 0.1) is 17.8 Å². The number of nitrogens with zero attached hydrogens (tertiary/aromatic N) is 4. The lowest BCUT2D eigenvalue weighted by atomic mass is 9.95. The second kappa shape index (κ2) is 9.06. The highest BCUT2D eigenvalue weighted by molar-refractivity contribution is 7.99. The van der Waals surface area contributed by atoms with Crippen molar-refractivity contribution in [3.8, 4) is 0 Å². The van der Waals surface area contributed by atoms with Crippen LogP contribution >= 0.6 is 11.8 Å². The number of aromatic nitrogens is 3. The van der Waals surface area contributed by atoms with Crippen LogP contribution in [0.5, 0.6) is 0 Å². The highest BCUT2D eigenvalue weighted by Crippen LogP contribution is 2.64. The molecule has 5 nitrogen and oxygen atoms in total. The average Bonchev–Trinajstić information content (AvgIpc) is 3.06. The molecule has 1 aliphatic carbocycles. The van der Waals surface area contributed by atoms with Gasteiger partial charge < -0.3 is 14.2 Å². The van der Waals surface area contributed by atoms with E-state index in [9.17, 15) is 13.2 Å². The van der Waals surface area contributed by atoms with Crippen molar-refractivity contribution in [1.82, 2.24) is 19.7 Å². The van der Waals surface area contributed by atoms with Crippen LogP contribution in [0.2, 0.25) is 0 Å². The molecule has 4 fully saturated rings. The van der Waals surface area contributed by atoms with Crippen LogP contribution in [0.25, 0.3) is 0 Å². The third kappa shape index (κ3) is 4.76. The fourth-order valence-electron chi connectivity index (χ4n) is 6.68. The Labute approximate surface area is 208 Å². The van der Waals surface area contributed by atoms with E-state index < -0.39 is 11.7 Å². The minimum absolute atomic E-state index is 0.272. The Morgan fingerprint density at radius 2 is 1.86 bits per heavy atom. The Morgan fingerprint density at radius 1 is 1.11 bits per heavy atom. The number of fused-ring (bicyclic) bond motifs is 2. The van der Waals surface area contributed by atoms with Gasteiger partial charge in [0.25, 0.3) is 0 Å². The molecule has 3 unspecified atom stereocenters. The van der Waals surface area contributed by atoms with Crippen molar-refractivity contribution < 1.29 is 17.9 Å². The molecule has 35 heavy (non-hydrogen) atoms. The van der Waals surface area contributed by atoms with Gasteiger partial charge in [-0.2, -0.15) is 13.2 Å². The number of hydrogen-bond donors (Lipinski definition) is 0. The fraction of sp³-hybridized carbons (Fsp3) is 0.692. The average molecular weight is 507 g/mol. The lowest BCUT2D eigenvalue weighted by Crippen LogP contribution is -2.25. The SMILES string of the molecule is Cn1c(SCCCN2CC[C@]3(CC3c3ccc(C(F)(F)F)cc3)C2)nnc1C1CC2CCC(C1)O2.